The lowest BCUT2D eigenvalue weighted by molar-refractivity contribution is -0.139. The van der Waals surface area contributed by atoms with Gasteiger partial charge in [0.15, 0.2) is 6.61 Å². The molecule has 3 rings (SSSR count). The summed E-state index contributed by atoms with van der Waals surface area (Å²) < 4.78 is 12.2. The second-order valence-electron chi connectivity index (χ2n) is 6.26. The van der Waals surface area contributed by atoms with Crippen LogP contribution in [0.3, 0.4) is 0 Å². The van der Waals surface area contributed by atoms with Crippen LogP contribution >= 0.6 is 0 Å². The highest BCUT2D eigenvalue weighted by Gasteiger charge is 2.12. The fourth-order valence-corrected chi connectivity index (χ4v) is 2.83. The third kappa shape index (κ3) is 5.35. The van der Waals surface area contributed by atoms with E-state index in [1.807, 2.05) is 35.0 Å². The number of carboxylic acids is 1. The summed E-state index contributed by atoms with van der Waals surface area (Å²) in [5.41, 5.74) is 2.07. The maximum atomic E-state index is 12.8. The minimum atomic E-state index is -1.02. The first-order valence-corrected chi connectivity index (χ1v) is 9.02. The van der Waals surface area contributed by atoms with Crippen molar-refractivity contribution in [2.24, 2.45) is 0 Å². The molecule has 0 bridgehead atoms. The summed E-state index contributed by atoms with van der Waals surface area (Å²) >= 11 is 0. The van der Waals surface area contributed by atoms with Gasteiger partial charge in [0.2, 0.25) is 5.78 Å². The lowest BCUT2D eigenvalue weighted by atomic mass is 10.1. The summed E-state index contributed by atoms with van der Waals surface area (Å²) in [4.78, 5) is 23.4. The molecule has 0 spiro atoms. The number of carbonyl (C=O) groups excluding carboxylic acids is 1. The highest BCUT2D eigenvalue weighted by atomic mass is 16.5. The van der Waals surface area contributed by atoms with Gasteiger partial charge in [-0.3, -0.25) is 4.79 Å². The van der Waals surface area contributed by atoms with Gasteiger partial charge in [0.25, 0.3) is 0 Å². The largest absolute Gasteiger partial charge is 0.497 e. The van der Waals surface area contributed by atoms with Crippen molar-refractivity contribution >= 4 is 17.8 Å². The quantitative estimate of drug-likeness (QED) is 0.560. The number of methoxy groups -OCH3 is 1. The smallest absolute Gasteiger partial charge is 0.341 e. The number of ketones is 1. The molecule has 29 heavy (non-hydrogen) atoms. The van der Waals surface area contributed by atoms with E-state index in [4.69, 9.17) is 14.6 Å². The summed E-state index contributed by atoms with van der Waals surface area (Å²) in [5, 5.41) is 8.69. The molecule has 0 fully saturated rings. The molecule has 0 amide bonds. The number of nitrogens with zero attached hydrogens (tertiary/aromatic N) is 1. The van der Waals surface area contributed by atoms with Gasteiger partial charge in [0, 0.05) is 18.3 Å². The topological polar surface area (TPSA) is 77.8 Å². The molecule has 0 atom stereocenters. The van der Waals surface area contributed by atoms with E-state index in [0.717, 1.165) is 5.56 Å². The van der Waals surface area contributed by atoms with Crippen LogP contribution in [0.25, 0.3) is 6.08 Å². The Bertz CT molecular complexity index is 1020. The maximum absolute atomic E-state index is 12.8. The van der Waals surface area contributed by atoms with Crippen LogP contribution in [0.1, 0.15) is 21.6 Å². The summed E-state index contributed by atoms with van der Waals surface area (Å²) in [7, 11) is 1.59. The Morgan fingerprint density at radius 2 is 1.83 bits per heavy atom. The molecule has 0 aliphatic rings. The number of aliphatic carboxylic acids is 1. The van der Waals surface area contributed by atoms with Crippen molar-refractivity contribution in [3.8, 4) is 11.5 Å². The summed E-state index contributed by atoms with van der Waals surface area (Å²) in [6.07, 6.45) is 5.68. The number of allylic oxidation sites excluding steroid dienone is 1. The molecule has 0 saturated heterocycles. The first kappa shape index (κ1) is 19.9. The standard InChI is InChI=1S/C23H21NO5/c1-28-19-11-9-18(10-12-19)23(27)21-8-4-14-24(21)13-3-6-17-5-2-7-20(15-17)29-16-22(25)26/h2-12,14-15H,13,16H2,1H3,(H,25,26)/b6-3+. The fraction of sp³-hybridized carbons (Fsp3) is 0.130. The third-order valence-corrected chi connectivity index (χ3v) is 4.25. The van der Waals surface area contributed by atoms with Gasteiger partial charge in [-0.05, 0) is 54.1 Å². The van der Waals surface area contributed by atoms with E-state index in [-0.39, 0.29) is 12.4 Å². The monoisotopic (exact) mass is 391 g/mol. The van der Waals surface area contributed by atoms with E-state index in [9.17, 15) is 9.59 Å². The fourth-order valence-electron chi connectivity index (χ4n) is 2.83. The predicted molar refractivity (Wildman–Crippen MR) is 109 cm³/mol. The molecule has 1 heterocycles. The van der Waals surface area contributed by atoms with Gasteiger partial charge in [-0.15, -0.1) is 0 Å². The van der Waals surface area contributed by atoms with Crippen molar-refractivity contribution in [3.05, 3.63) is 89.8 Å². The third-order valence-electron chi connectivity index (χ3n) is 4.25. The Hall–Kier alpha value is -3.80. The molecule has 2 aromatic carbocycles. The summed E-state index contributed by atoms with van der Waals surface area (Å²) in [6, 6.07) is 17.8. The van der Waals surface area contributed by atoms with Crippen molar-refractivity contribution in [1.29, 1.82) is 0 Å². The first-order valence-electron chi connectivity index (χ1n) is 9.02. The molecule has 0 saturated carbocycles. The average Bonchev–Trinajstić information content (AvgIpc) is 3.20. The van der Waals surface area contributed by atoms with E-state index in [2.05, 4.69) is 0 Å². The molecule has 0 radical (unpaired) electrons. The van der Waals surface area contributed by atoms with Crippen molar-refractivity contribution in [3.63, 3.8) is 0 Å². The van der Waals surface area contributed by atoms with E-state index >= 15 is 0 Å². The number of ether oxygens (including phenoxy) is 2. The molecule has 148 valence electrons. The first-order chi connectivity index (χ1) is 14.1. The van der Waals surface area contributed by atoms with Gasteiger partial charge in [-0.2, -0.15) is 0 Å². The zero-order valence-electron chi connectivity index (χ0n) is 15.9. The Labute approximate surface area is 168 Å². The van der Waals surface area contributed by atoms with Gasteiger partial charge in [-0.25, -0.2) is 4.79 Å². The highest BCUT2D eigenvalue weighted by molar-refractivity contribution is 6.08. The van der Waals surface area contributed by atoms with E-state index in [1.54, 1.807) is 55.6 Å². The molecule has 0 unspecified atom stereocenters. The summed E-state index contributed by atoms with van der Waals surface area (Å²) in [5.74, 6) is 0.114. The predicted octanol–water partition coefficient (Wildman–Crippen LogP) is 3.90. The van der Waals surface area contributed by atoms with Gasteiger partial charge in [0.1, 0.15) is 11.5 Å². The number of rotatable bonds is 9. The lowest BCUT2D eigenvalue weighted by Gasteiger charge is -2.07. The molecule has 3 aromatic rings. The maximum Gasteiger partial charge on any atom is 0.341 e. The Kier molecular flexibility index (Phi) is 6.47. The molecule has 0 aliphatic heterocycles. The van der Waals surface area contributed by atoms with Gasteiger partial charge >= 0.3 is 5.97 Å². The number of aromatic nitrogens is 1. The van der Waals surface area contributed by atoms with Gasteiger partial charge in [0.05, 0.1) is 12.8 Å². The van der Waals surface area contributed by atoms with Crippen LogP contribution in [-0.2, 0) is 11.3 Å². The van der Waals surface area contributed by atoms with Crippen LogP contribution < -0.4 is 9.47 Å². The minimum absolute atomic E-state index is 0.0601. The second kappa shape index (κ2) is 9.41. The van der Waals surface area contributed by atoms with Crippen LogP contribution in [0, 0.1) is 0 Å². The number of benzene rings is 2. The summed E-state index contributed by atoms with van der Waals surface area (Å²) in [6.45, 7) is 0.137. The van der Waals surface area contributed by atoms with Crippen LogP contribution in [0.2, 0.25) is 0 Å². The molecule has 1 N–H and O–H groups in total. The molecule has 1 aromatic heterocycles. The van der Waals surface area contributed by atoms with Crippen LogP contribution in [-0.4, -0.2) is 35.1 Å². The van der Waals surface area contributed by atoms with Crippen molar-refractivity contribution < 1.29 is 24.2 Å². The van der Waals surface area contributed by atoms with Crippen molar-refractivity contribution in [2.45, 2.75) is 6.54 Å². The molecule has 6 nitrogen and oxygen atoms in total. The van der Waals surface area contributed by atoms with Crippen molar-refractivity contribution in [2.75, 3.05) is 13.7 Å². The number of hydrogen-bond donors (Lipinski definition) is 1. The molecule has 6 heteroatoms. The van der Waals surface area contributed by atoms with Gasteiger partial charge in [-0.1, -0.05) is 24.3 Å². The zero-order chi connectivity index (χ0) is 20.6. The van der Waals surface area contributed by atoms with Crippen LogP contribution in [0.15, 0.2) is 72.9 Å². The molecular formula is C23H21NO5. The lowest BCUT2D eigenvalue weighted by Crippen LogP contribution is -2.09. The number of hydrogen-bond acceptors (Lipinski definition) is 4. The minimum Gasteiger partial charge on any atom is -0.497 e. The average molecular weight is 391 g/mol. The van der Waals surface area contributed by atoms with Crippen LogP contribution in [0.4, 0.5) is 0 Å². The molecule has 0 aliphatic carbocycles. The van der Waals surface area contributed by atoms with E-state index < -0.39 is 5.97 Å². The SMILES string of the molecule is COc1ccc(C(=O)c2cccn2C/C=C/c2cccc(OCC(=O)O)c2)cc1. The number of carbonyl (C=O) groups is 2. The van der Waals surface area contributed by atoms with Crippen molar-refractivity contribution in [1.82, 2.24) is 4.57 Å². The van der Waals surface area contributed by atoms with Gasteiger partial charge < -0.3 is 19.1 Å². The molecular weight excluding hydrogens is 370 g/mol. The Balaban J connectivity index is 1.67. The highest BCUT2D eigenvalue weighted by Crippen LogP contribution is 2.17. The zero-order valence-corrected chi connectivity index (χ0v) is 15.9. The van der Waals surface area contributed by atoms with E-state index in [1.165, 1.54) is 0 Å². The van der Waals surface area contributed by atoms with E-state index in [0.29, 0.717) is 29.3 Å². The Morgan fingerprint density at radius 3 is 2.55 bits per heavy atom. The Morgan fingerprint density at radius 1 is 1.03 bits per heavy atom. The normalized spacial score (nSPS) is 10.8. The second-order valence-corrected chi connectivity index (χ2v) is 6.26. The number of carboxylic acid groups (broad SMARTS) is 1. The van der Waals surface area contributed by atoms with Crippen LogP contribution in [0.5, 0.6) is 11.5 Å².